The number of carbonyl (C=O) groups excluding carboxylic acids is 1. The predicted octanol–water partition coefficient (Wildman–Crippen LogP) is 3.90. The molecule has 1 fully saturated rings. The minimum Gasteiger partial charge on any atom is -0.337 e. The molecule has 1 aliphatic rings. The van der Waals surface area contributed by atoms with E-state index >= 15 is 0 Å². The van der Waals surface area contributed by atoms with E-state index in [0.29, 0.717) is 18.0 Å². The van der Waals surface area contributed by atoms with Crippen LogP contribution in [0.25, 0.3) is 0 Å². The first-order valence-electron chi connectivity index (χ1n) is 9.63. The van der Waals surface area contributed by atoms with Gasteiger partial charge in [-0.2, -0.15) is 0 Å². The average molecular weight is 369 g/mol. The second kappa shape index (κ2) is 8.61. The number of hydrogen-bond acceptors (Lipinski definition) is 3. The molecule has 1 atom stereocenters. The maximum atomic E-state index is 13.2. The number of hydrogen-bond donors (Lipinski definition) is 0. The molecule has 1 amide bonds. The molecule has 0 spiro atoms. The van der Waals surface area contributed by atoms with Crippen LogP contribution in [0.2, 0.25) is 0 Å². The standard InChI is InChI=1S/C22H28FN3O/c1-16(2)21-15-26(22(27)19-11-17(3)12-24-13-19)10-4-9-25(21)14-18-5-7-20(23)8-6-18/h5-8,11-13,16,21H,4,9-10,14-15H2,1-3H3/t21-/m1/s1. The van der Waals surface area contributed by atoms with Gasteiger partial charge in [-0.05, 0) is 48.6 Å². The van der Waals surface area contributed by atoms with E-state index in [-0.39, 0.29) is 17.8 Å². The van der Waals surface area contributed by atoms with Gasteiger partial charge in [0, 0.05) is 44.6 Å². The minimum atomic E-state index is -0.210. The van der Waals surface area contributed by atoms with Crippen LogP contribution in [0.15, 0.2) is 42.7 Å². The number of carbonyl (C=O) groups is 1. The molecule has 1 saturated heterocycles. The molecule has 2 aromatic rings. The van der Waals surface area contributed by atoms with Gasteiger partial charge in [-0.25, -0.2) is 4.39 Å². The number of aromatic nitrogens is 1. The summed E-state index contributed by atoms with van der Waals surface area (Å²) in [6, 6.07) is 8.88. The lowest BCUT2D eigenvalue weighted by molar-refractivity contribution is 0.0702. The number of rotatable bonds is 4. The van der Waals surface area contributed by atoms with Gasteiger partial charge >= 0.3 is 0 Å². The van der Waals surface area contributed by atoms with Gasteiger partial charge in [-0.3, -0.25) is 14.7 Å². The van der Waals surface area contributed by atoms with Crippen LogP contribution in [-0.2, 0) is 6.54 Å². The van der Waals surface area contributed by atoms with Crippen molar-refractivity contribution in [3.05, 3.63) is 65.2 Å². The van der Waals surface area contributed by atoms with Gasteiger partial charge in [-0.15, -0.1) is 0 Å². The lowest BCUT2D eigenvalue weighted by atomic mass is 10.0. The first kappa shape index (κ1) is 19.5. The number of benzene rings is 1. The van der Waals surface area contributed by atoms with Crippen LogP contribution < -0.4 is 0 Å². The van der Waals surface area contributed by atoms with E-state index in [0.717, 1.165) is 37.2 Å². The molecule has 2 heterocycles. The van der Waals surface area contributed by atoms with Crippen molar-refractivity contribution in [2.45, 2.75) is 39.8 Å². The normalized spacial score (nSPS) is 18.6. The van der Waals surface area contributed by atoms with Crippen LogP contribution in [0, 0.1) is 18.7 Å². The summed E-state index contributed by atoms with van der Waals surface area (Å²) in [5.41, 5.74) is 2.75. The SMILES string of the molecule is Cc1cncc(C(=O)N2CCCN(Cc3ccc(F)cc3)[C@@H](C(C)C)C2)c1. The molecule has 0 saturated carbocycles. The van der Waals surface area contributed by atoms with Crippen molar-refractivity contribution in [2.24, 2.45) is 5.92 Å². The summed E-state index contributed by atoms with van der Waals surface area (Å²) in [5, 5.41) is 0. The van der Waals surface area contributed by atoms with Crippen LogP contribution in [0.3, 0.4) is 0 Å². The van der Waals surface area contributed by atoms with Crippen molar-refractivity contribution in [3.8, 4) is 0 Å². The molecule has 1 aromatic heterocycles. The Bertz CT molecular complexity index is 775. The van der Waals surface area contributed by atoms with Gasteiger partial charge in [0.1, 0.15) is 5.82 Å². The maximum Gasteiger partial charge on any atom is 0.255 e. The van der Waals surface area contributed by atoms with Crippen molar-refractivity contribution in [2.75, 3.05) is 19.6 Å². The van der Waals surface area contributed by atoms with Gasteiger partial charge in [-0.1, -0.05) is 26.0 Å². The lowest BCUT2D eigenvalue weighted by Gasteiger charge is -2.34. The largest absolute Gasteiger partial charge is 0.337 e. The van der Waals surface area contributed by atoms with E-state index in [1.54, 1.807) is 12.4 Å². The van der Waals surface area contributed by atoms with E-state index in [2.05, 4.69) is 23.7 Å². The highest BCUT2D eigenvalue weighted by atomic mass is 19.1. The molecule has 144 valence electrons. The zero-order valence-electron chi connectivity index (χ0n) is 16.4. The Morgan fingerprint density at radius 2 is 1.96 bits per heavy atom. The zero-order chi connectivity index (χ0) is 19.4. The number of halogens is 1. The molecule has 27 heavy (non-hydrogen) atoms. The molecule has 3 rings (SSSR count). The van der Waals surface area contributed by atoms with Gasteiger partial charge < -0.3 is 4.90 Å². The third-order valence-corrected chi connectivity index (χ3v) is 5.23. The zero-order valence-corrected chi connectivity index (χ0v) is 16.4. The molecule has 0 bridgehead atoms. The molecule has 1 aliphatic heterocycles. The Hall–Kier alpha value is -2.27. The summed E-state index contributed by atoms with van der Waals surface area (Å²) < 4.78 is 13.2. The monoisotopic (exact) mass is 369 g/mol. The maximum absolute atomic E-state index is 13.2. The van der Waals surface area contributed by atoms with E-state index in [1.165, 1.54) is 12.1 Å². The molecule has 0 unspecified atom stereocenters. The highest BCUT2D eigenvalue weighted by Crippen LogP contribution is 2.21. The van der Waals surface area contributed by atoms with Crippen molar-refractivity contribution >= 4 is 5.91 Å². The van der Waals surface area contributed by atoms with Gasteiger partial charge in [0.25, 0.3) is 5.91 Å². The van der Waals surface area contributed by atoms with E-state index < -0.39 is 0 Å². The van der Waals surface area contributed by atoms with Crippen LogP contribution in [-0.4, -0.2) is 46.4 Å². The first-order chi connectivity index (χ1) is 12.9. The van der Waals surface area contributed by atoms with Crippen LogP contribution >= 0.6 is 0 Å². The van der Waals surface area contributed by atoms with Crippen molar-refractivity contribution in [1.29, 1.82) is 0 Å². The first-order valence-corrected chi connectivity index (χ1v) is 9.63. The molecule has 0 aliphatic carbocycles. The van der Waals surface area contributed by atoms with Gasteiger partial charge in [0.2, 0.25) is 0 Å². The number of aryl methyl sites for hydroxylation is 1. The fourth-order valence-corrected chi connectivity index (χ4v) is 3.76. The Balaban J connectivity index is 1.76. The average Bonchev–Trinajstić information content (AvgIpc) is 2.86. The van der Waals surface area contributed by atoms with Crippen molar-refractivity contribution < 1.29 is 9.18 Å². The number of amides is 1. The van der Waals surface area contributed by atoms with Crippen LogP contribution in [0.5, 0.6) is 0 Å². The fraction of sp³-hybridized carbons (Fsp3) is 0.455. The Morgan fingerprint density at radius 3 is 2.63 bits per heavy atom. The molecular formula is C22H28FN3O. The smallest absolute Gasteiger partial charge is 0.255 e. The molecule has 1 aromatic carbocycles. The van der Waals surface area contributed by atoms with E-state index in [1.807, 2.05) is 30.0 Å². The molecule has 5 heteroatoms. The summed E-state index contributed by atoms with van der Waals surface area (Å²) in [6.07, 6.45) is 4.34. The Labute approximate surface area is 161 Å². The highest BCUT2D eigenvalue weighted by Gasteiger charge is 2.30. The van der Waals surface area contributed by atoms with Crippen LogP contribution in [0.4, 0.5) is 4.39 Å². The lowest BCUT2D eigenvalue weighted by Crippen LogP contribution is -2.45. The number of pyridine rings is 1. The third kappa shape index (κ3) is 4.92. The topological polar surface area (TPSA) is 36.4 Å². The summed E-state index contributed by atoms with van der Waals surface area (Å²) in [7, 11) is 0. The molecular weight excluding hydrogens is 341 g/mol. The third-order valence-electron chi connectivity index (χ3n) is 5.23. The molecule has 4 nitrogen and oxygen atoms in total. The fourth-order valence-electron chi connectivity index (χ4n) is 3.76. The second-order valence-electron chi connectivity index (χ2n) is 7.76. The minimum absolute atomic E-state index is 0.0560. The Kier molecular flexibility index (Phi) is 6.22. The van der Waals surface area contributed by atoms with Gasteiger partial charge in [0.15, 0.2) is 0 Å². The summed E-state index contributed by atoms with van der Waals surface area (Å²) in [6.45, 7) is 9.50. The summed E-state index contributed by atoms with van der Waals surface area (Å²) in [4.78, 5) is 21.6. The Morgan fingerprint density at radius 1 is 1.22 bits per heavy atom. The van der Waals surface area contributed by atoms with Crippen molar-refractivity contribution in [1.82, 2.24) is 14.8 Å². The van der Waals surface area contributed by atoms with Crippen molar-refractivity contribution in [3.63, 3.8) is 0 Å². The second-order valence-corrected chi connectivity index (χ2v) is 7.76. The van der Waals surface area contributed by atoms with Crippen LogP contribution in [0.1, 0.15) is 41.8 Å². The predicted molar refractivity (Wildman–Crippen MR) is 105 cm³/mol. The summed E-state index contributed by atoms with van der Waals surface area (Å²) >= 11 is 0. The van der Waals surface area contributed by atoms with E-state index in [9.17, 15) is 9.18 Å². The molecule has 0 N–H and O–H groups in total. The highest BCUT2D eigenvalue weighted by molar-refractivity contribution is 5.94. The number of nitrogens with zero attached hydrogens (tertiary/aromatic N) is 3. The molecule has 0 radical (unpaired) electrons. The van der Waals surface area contributed by atoms with Gasteiger partial charge in [0.05, 0.1) is 5.56 Å². The van der Waals surface area contributed by atoms with E-state index in [4.69, 9.17) is 0 Å². The quantitative estimate of drug-likeness (QED) is 0.820. The summed E-state index contributed by atoms with van der Waals surface area (Å²) in [5.74, 6) is 0.258.